The Hall–Kier alpha value is -1.14. The van der Waals surface area contributed by atoms with Crippen LogP contribution in [0, 0.1) is 0 Å². The molecular weight excluding hydrogens is 224 g/mol. The number of nitrogens with two attached hydrogens (primary N) is 1. The van der Waals surface area contributed by atoms with Gasteiger partial charge in [-0.3, -0.25) is 9.59 Å². The molecule has 0 aliphatic carbocycles. The Bertz CT molecular complexity index is 252. The number of ether oxygens (including phenoxy) is 1. The maximum atomic E-state index is 12.0. The molecule has 0 saturated heterocycles. The van der Waals surface area contributed by atoms with Gasteiger partial charge >= 0.3 is 5.97 Å². The molecule has 0 aromatic rings. The van der Waals surface area contributed by atoms with Gasteiger partial charge in [0.05, 0.1) is 0 Å². The smallest absolute Gasteiger partial charge is 0.303 e. The lowest BCUT2D eigenvalue weighted by molar-refractivity contribution is -0.144. The Morgan fingerprint density at radius 2 is 2.00 bits per heavy atom. The minimum Gasteiger partial charge on any atom is -0.481 e. The van der Waals surface area contributed by atoms with E-state index in [2.05, 4.69) is 0 Å². The van der Waals surface area contributed by atoms with Crippen LogP contribution in [0.3, 0.4) is 0 Å². The van der Waals surface area contributed by atoms with Crippen molar-refractivity contribution in [3.63, 3.8) is 0 Å². The molecule has 0 aliphatic rings. The fourth-order valence-electron chi connectivity index (χ4n) is 1.51. The van der Waals surface area contributed by atoms with Crippen LogP contribution in [-0.4, -0.2) is 54.2 Å². The van der Waals surface area contributed by atoms with Gasteiger partial charge < -0.3 is 20.5 Å². The standard InChI is InChI=1S/C11H22N2O4/c1-8(2)13(6-4-5-10(14)15)11(16)9(7-12)17-3/h8-9H,4-7,12H2,1-3H3,(H,14,15). The monoisotopic (exact) mass is 246 g/mol. The van der Waals surface area contributed by atoms with E-state index >= 15 is 0 Å². The molecule has 0 fully saturated rings. The largest absolute Gasteiger partial charge is 0.481 e. The first-order valence-electron chi connectivity index (χ1n) is 5.69. The summed E-state index contributed by atoms with van der Waals surface area (Å²) in [7, 11) is 1.44. The van der Waals surface area contributed by atoms with E-state index in [-0.39, 0.29) is 24.9 Å². The zero-order valence-electron chi connectivity index (χ0n) is 10.7. The number of rotatable bonds is 8. The lowest BCUT2D eigenvalue weighted by Gasteiger charge is -2.29. The summed E-state index contributed by atoms with van der Waals surface area (Å²) in [5.41, 5.74) is 5.43. The average molecular weight is 246 g/mol. The zero-order valence-corrected chi connectivity index (χ0v) is 10.7. The number of methoxy groups -OCH3 is 1. The molecule has 0 spiro atoms. The summed E-state index contributed by atoms with van der Waals surface area (Å²) >= 11 is 0. The van der Waals surface area contributed by atoms with Crippen LogP contribution in [0.2, 0.25) is 0 Å². The maximum absolute atomic E-state index is 12.0. The van der Waals surface area contributed by atoms with Crippen LogP contribution in [0.5, 0.6) is 0 Å². The summed E-state index contributed by atoms with van der Waals surface area (Å²) in [6.45, 7) is 4.28. The second kappa shape index (κ2) is 8.03. The first-order chi connectivity index (χ1) is 7.93. The summed E-state index contributed by atoms with van der Waals surface area (Å²) in [5.74, 6) is -1.04. The molecule has 17 heavy (non-hydrogen) atoms. The minimum atomic E-state index is -0.858. The lowest BCUT2D eigenvalue weighted by Crippen LogP contribution is -2.47. The molecule has 0 aromatic heterocycles. The molecule has 6 nitrogen and oxygen atoms in total. The molecular formula is C11H22N2O4. The van der Waals surface area contributed by atoms with Crippen molar-refractivity contribution in [2.24, 2.45) is 5.73 Å². The van der Waals surface area contributed by atoms with Gasteiger partial charge in [0.25, 0.3) is 5.91 Å². The van der Waals surface area contributed by atoms with Crippen molar-refractivity contribution in [2.75, 3.05) is 20.2 Å². The number of carboxylic acids is 1. The highest BCUT2D eigenvalue weighted by atomic mass is 16.5. The molecule has 0 radical (unpaired) electrons. The fraction of sp³-hybridized carbons (Fsp3) is 0.818. The first kappa shape index (κ1) is 15.9. The Labute approximate surface area is 102 Å². The van der Waals surface area contributed by atoms with Gasteiger partial charge in [-0.2, -0.15) is 0 Å². The van der Waals surface area contributed by atoms with Gasteiger partial charge in [-0.25, -0.2) is 0 Å². The number of carbonyl (C=O) groups is 2. The highest BCUT2D eigenvalue weighted by Gasteiger charge is 2.24. The van der Waals surface area contributed by atoms with Crippen LogP contribution < -0.4 is 5.73 Å². The second-order valence-electron chi connectivity index (χ2n) is 4.08. The Balaban J connectivity index is 4.40. The molecule has 6 heteroatoms. The van der Waals surface area contributed by atoms with Crippen LogP contribution in [0.15, 0.2) is 0 Å². The number of carboxylic acid groups (broad SMARTS) is 1. The second-order valence-corrected chi connectivity index (χ2v) is 4.08. The highest BCUT2D eigenvalue weighted by molar-refractivity contribution is 5.81. The van der Waals surface area contributed by atoms with Crippen LogP contribution in [0.25, 0.3) is 0 Å². The predicted octanol–water partition coefficient (Wildman–Crippen LogP) is 0.0619. The van der Waals surface area contributed by atoms with Crippen molar-refractivity contribution in [3.05, 3.63) is 0 Å². The van der Waals surface area contributed by atoms with Crippen LogP contribution in [-0.2, 0) is 14.3 Å². The van der Waals surface area contributed by atoms with Gasteiger partial charge in [0.15, 0.2) is 0 Å². The topological polar surface area (TPSA) is 92.9 Å². The fourth-order valence-corrected chi connectivity index (χ4v) is 1.51. The summed E-state index contributed by atoms with van der Waals surface area (Å²) < 4.78 is 4.99. The van der Waals surface area contributed by atoms with Gasteiger partial charge in [0.2, 0.25) is 0 Å². The van der Waals surface area contributed by atoms with E-state index in [0.29, 0.717) is 13.0 Å². The average Bonchev–Trinajstić information content (AvgIpc) is 2.25. The molecule has 0 rings (SSSR count). The number of hydrogen-bond acceptors (Lipinski definition) is 4. The van der Waals surface area contributed by atoms with Crippen molar-refractivity contribution >= 4 is 11.9 Å². The summed E-state index contributed by atoms with van der Waals surface area (Å²) in [6.07, 6.45) is -0.168. The van der Waals surface area contributed by atoms with Crippen LogP contribution in [0.4, 0.5) is 0 Å². The van der Waals surface area contributed by atoms with E-state index in [1.54, 1.807) is 4.90 Å². The number of hydrogen-bond donors (Lipinski definition) is 2. The minimum absolute atomic E-state index is 0.000458. The summed E-state index contributed by atoms with van der Waals surface area (Å²) in [5, 5.41) is 8.56. The van der Waals surface area contributed by atoms with Gasteiger partial charge in [-0.15, -0.1) is 0 Å². The highest BCUT2D eigenvalue weighted by Crippen LogP contribution is 2.06. The van der Waals surface area contributed by atoms with Crippen molar-refractivity contribution in [1.29, 1.82) is 0 Å². The first-order valence-corrected chi connectivity index (χ1v) is 5.69. The van der Waals surface area contributed by atoms with E-state index in [0.717, 1.165) is 0 Å². The molecule has 0 saturated carbocycles. The van der Waals surface area contributed by atoms with Crippen LogP contribution in [0.1, 0.15) is 26.7 Å². The molecule has 0 aliphatic heterocycles. The Morgan fingerprint density at radius 3 is 2.35 bits per heavy atom. The van der Waals surface area contributed by atoms with E-state index in [4.69, 9.17) is 15.6 Å². The molecule has 1 unspecified atom stereocenters. The number of carbonyl (C=O) groups excluding carboxylic acids is 1. The molecule has 1 amide bonds. The van der Waals surface area contributed by atoms with Crippen molar-refractivity contribution in [3.8, 4) is 0 Å². The molecule has 3 N–H and O–H groups in total. The third-order valence-corrected chi connectivity index (χ3v) is 2.47. The summed E-state index contributed by atoms with van der Waals surface area (Å²) in [4.78, 5) is 24.0. The maximum Gasteiger partial charge on any atom is 0.303 e. The summed E-state index contributed by atoms with van der Waals surface area (Å²) in [6, 6.07) is 0.000458. The van der Waals surface area contributed by atoms with Crippen LogP contribution >= 0.6 is 0 Å². The zero-order chi connectivity index (χ0) is 13.4. The quantitative estimate of drug-likeness (QED) is 0.632. The van der Waals surface area contributed by atoms with Crippen molar-refractivity contribution in [2.45, 2.75) is 38.8 Å². The lowest BCUT2D eigenvalue weighted by atomic mass is 10.2. The third kappa shape index (κ3) is 5.65. The number of aliphatic carboxylic acids is 1. The van der Waals surface area contributed by atoms with E-state index in [1.807, 2.05) is 13.8 Å². The third-order valence-electron chi connectivity index (χ3n) is 2.47. The molecule has 0 bridgehead atoms. The molecule has 0 aromatic carbocycles. The van der Waals surface area contributed by atoms with E-state index in [9.17, 15) is 9.59 Å². The number of nitrogens with zero attached hydrogens (tertiary/aromatic N) is 1. The normalized spacial score (nSPS) is 12.5. The molecule has 100 valence electrons. The number of amides is 1. The van der Waals surface area contributed by atoms with Gasteiger partial charge in [-0.1, -0.05) is 0 Å². The SMILES string of the molecule is COC(CN)C(=O)N(CCCC(=O)O)C(C)C. The van der Waals surface area contributed by atoms with Gasteiger partial charge in [-0.05, 0) is 20.3 Å². The Kier molecular flexibility index (Phi) is 7.49. The predicted molar refractivity (Wildman–Crippen MR) is 63.6 cm³/mol. The van der Waals surface area contributed by atoms with E-state index in [1.165, 1.54) is 7.11 Å². The Morgan fingerprint density at radius 1 is 1.41 bits per heavy atom. The van der Waals surface area contributed by atoms with Gasteiger partial charge in [0.1, 0.15) is 6.10 Å². The van der Waals surface area contributed by atoms with Gasteiger partial charge in [0, 0.05) is 32.7 Å². The van der Waals surface area contributed by atoms with E-state index < -0.39 is 12.1 Å². The molecule has 1 atom stereocenters. The van der Waals surface area contributed by atoms with Crippen molar-refractivity contribution < 1.29 is 19.4 Å². The van der Waals surface area contributed by atoms with Crippen molar-refractivity contribution in [1.82, 2.24) is 4.90 Å². The molecule has 0 heterocycles.